The standard InChI is InChI=1S/C22H12N2.C8H3ClN2/c23-13-17-8-5-11-20(21(17)14-24)22-18-9-3-1-6-15(18)12-16-7-2-4-10-19(16)22;9-8-3-1-2-6(4-10)7(8)5-11/h1-12H;1-3H. The molecular weight excluding hydrogens is 452 g/mol. The second-order valence-electron chi connectivity index (χ2n) is 7.53. The molecule has 0 aromatic heterocycles. The van der Waals surface area contributed by atoms with Gasteiger partial charge in [0.25, 0.3) is 0 Å². The Morgan fingerprint density at radius 2 is 1.03 bits per heavy atom. The molecule has 0 saturated carbocycles. The molecule has 0 spiro atoms. The number of benzene rings is 5. The van der Waals surface area contributed by atoms with Crippen LogP contribution in [0.1, 0.15) is 22.3 Å². The summed E-state index contributed by atoms with van der Waals surface area (Å²) in [5.74, 6) is 0. The molecule has 162 valence electrons. The van der Waals surface area contributed by atoms with Crippen LogP contribution in [0.15, 0.2) is 91.0 Å². The average molecular weight is 467 g/mol. The third-order valence-electron chi connectivity index (χ3n) is 5.58. The summed E-state index contributed by atoms with van der Waals surface area (Å²) in [6.45, 7) is 0. The van der Waals surface area contributed by atoms with Crippen molar-refractivity contribution in [2.24, 2.45) is 0 Å². The van der Waals surface area contributed by atoms with E-state index in [4.69, 9.17) is 22.1 Å². The summed E-state index contributed by atoms with van der Waals surface area (Å²) in [5.41, 5.74) is 3.23. The van der Waals surface area contributed by atoms with Gasteiger partial charge in [0.05, 0.1) is 27.3 Å². The van der Waals surface area contributed by atoms with Crippen molar-refractivity contribution in [3.8, 4) is 35.4 Å². The fourth-order valence-corrected chi connectivity index (χ4v) is 4.23. The maximum absolute atomic E-state index is 9.63. The third-order valence-corrected chi connectivity index (χ3v) is 5.90. The number of rotatable bonds is 1. The van der Waals surface area contributed by atoms with Gasteiger partial charge in [-0.3, -0.25) is 0 Å². The molecule has 5 aromatic carbocycles. The quantitative estimate of drug-likeness (QED) is 0.239. The zero-order valence-corrected chi connectivity index (χ0v) is 19.1. The highest BCUT2D eigenvalue weighted by atomic mass is 35.5. The van der Waals surface area contributed by atoms with Gasteiger partial charge in [0.2, 0.25) is 0 Å². The largest absolute Gasteiger partial charge is 0.192 e. The molecule has 35 heavy (non-hydrogen) atoms. The van der Waals surface area contributed by atoms with Crippen molar-refractivity contribution in [3.05, 3.63) is 118 Å². The minimum Gasteiger partial charge on any atom is -0.192 e. The molecule has 0 fully saturated rings. The maximum atomic E-state index is 9.63. The van der Waals surface area contributed by atoms with Gasteiger partial charge in [0.1, 0.15) is 24.3 Å². The first-order valence-corrected chi connectivity index (χ1v) is 10.9. The van der Waals surface area contributed by atoms with E-state index in [9.17, 15) is 10.5 Å². The van der Waals surface area contributed by atoms with Crippen LogP contribution >= 0.6 is 11.6 Å². The van der Waals surface area contributed by atoms with Gasteiger partial charge in [-0.1, -0.05) is 78.3 Å². The van der Waals surface area contributed by atoms with Gasteiger partial charge >= 0.3 is 0 Å². The lowest BCUT2D eigenvalue weighted by Crippen LogP contribution is -1.92. The predicted octanol–water partition coefficient (Wildman–Crippen LogP) is 7.49. The Morgan fingerprint density at radius 3 is 1.54 bits per heavy atom. The second-order valence-corrected chi connectivity index (χ2v) is 7.94. The molecule has 0 aliphatic carbocycles. The molecular formula is C30H15ClN4. The molecule has 4 nitrogen and oxygen atoms in total. The minimum absolute atomic E-state index is 0.247. The molecule has 5 rings (SSSR count). The molecule has 0 aliphatic rings. The molecule has 0 aliphatic heterocycles. The van der Waals surface area contributed by atoms with E-state index in [0.717, 1.165) is 32.7 Å². The molecule has 5 heteroatoms. The molecule has 0 radical (unpaired) electrons. The van der Waals surface area contributed by atoms with Gasteiger partial charge in [-0.25, -0.2) is 0 Å². The van der Waals surface area contributed by atoms with Crippen LogP contribution in [0.3, 0.4) is 0 Å². The summed E-state index contributed by atoms with van der Waals surface area (Å²) < 4.78 is 0. The lowest BCUT2D eigenvalue weighted by atomic mass is 9.88. The van der Waals surface area contributed by atoms with Crippen LogP contribution in [-0.4, -0.2) is 0 Å². The number of hydrogen-bond acceptors (Lipinski definition) is 4. The van der Waals surface area contributed by atoms with Crippen molar-refractivity contribution < 1.29 is 0 Å². The van der Waals surface area contributed by atoms with Crippen molar-refractivity contribution >= 4 is 33.1 Å². The zero-order chi connectivity index (χ0) is 24.8. The van der Waals surface area contributed by atoms with Crippen LogP contribution in [0, 0.1) is 45.3 Å². The molecule has 0 heterocycles. The van der Waals surface area contributed by atoms with Crippen LogP contribution in [0.5, 0.6) is 0 Å². The fraction of sp³-hybridized carbons (Fsp3) is 0. The predicted molar refractivity (Wildman–Crippen MR) is 137 cm³/mol. The van der Waals surface area contributed by atoms with E-state index in [2.05, 4.69) is 42.5 Å². The van der Waals surface area contributed by atoms with E-state index in [1.54, 1.807) is 24.3 Å². The topological polar surface area (TPSA) is 95.2 Å². The fourth-order valence-electron chi connectivity index (χ4n) is 4.01. The lowest BCUT2D eigenvalue weighted by Gasteiger charge is -2.13. The molecule has 0 atom stereocenters. The molecule has 0 amide bonds. The average Bonchev–Trinajstić information content (AvgIpc) is 2.91. The van der Waals surface area contributed by atoms with Crippen molar-refractivity contribution in [3.63, 3.8) is 0 Å². The van der Waals surface area contributed by atoms with Gasteiger partial charge in [-0.05, 0) is 51.4 Å². The van der Waals surface area contributed by atoms with E-state index < -0.39 is 0 Å². The Hall–Kier alpha value is -5.13. The number of fused-ring (bicyclic) bond motifs is 2. The van der Waals surface area contributed by atoms with E-state index in [0.29, 0.717) is 21.7 Å². The lowest BCUT2D eigenvalue weighted by molar-refractivity contribution is 1.43. The van der Waals surface area contributed by atoms with Crippen molar-refractivity contribution in [1.29, 1.82) is 21.0 Å². The number of nitriles is 4. The highest BCUT2D eigenvalue weighted by Crippen LogP contribution is 2.38. The van der Waals surface area contributed by atoms with E-state index >= 15 is 0 Å². The van der Waals surface area contributed by atoms with Crippen molar-refractivity contribution in [2.45, 2.75) is 0 Å². The van der Waals surface area contributed by atoms with Gasteiger partial charge in [0.15, 0.2) is 0 Å². The van der Waals surface area contributed by atoms with Gasteiger partial charge in [-0.15, -0.1) is 0 Å². The first-order valence-electron chi connectivity index (χ1n) is 10.6. The van der Waals surface area contributed by atoms with Crippen LogP contribution in [-0.2, 0) is 0 Å². The Balaban J connectivity index is 0.000000221. The van der Waals surface area contributed by atoms with Crippen molar-refractivity contribution in [1.82, 2.24) is 0 Å². The third kappa shape index (κ3) is 4.39. The summed E-state index contributed by atoms with van der Waals surface area (Å²) in [4.78, 5) is 0. The zero-order valence-electron chi connectivity index (χ0n) is 18.3. The monoisotopic (exact) mass is 466 g/mol. The highest BCUT2D eigenvalue weighted by Gasteiger charge is 2.15. The molecule has 0 saturated heterocycles. The number of halogens is 1. The number of nitrogens with zero attached hydrogens (tertiary/aromatic N) is 4. The smallest absolute Gasteiger partial charge is 0.102 e. The summed E-state index contributed by atoms with van der Waals surface area (Å²) in [7, 11) is 0. The van der Waals surface area contributed by atoms with Crippen LogP contribution in [0.2, 0.25) is 5.02 Å². The summed E-state index contributed by atoms with van der Waals surface area (Å²) >= 11 is 5.63. The van der Waals surface area contributed by atoms with E-state index in [1.165, 1.54) is 0 Å². The van der Waals surface area contributed by atoms with E-state index in [-0.39, 0.29) is 5.56 Å². The van der Waals surface area contributed by atoms with Gasteiger partial charge < -0.3 is 0 Å². The van der Waals surface area contributed by atoms with E-state index in [1.807, 2.05) is 48.5 Å². The summed E-state index contributed by atoms with van der Waals surface area (Å²) in [5, 5.41) is 40.8. The SMILES string of the molecule is N#Cc1cccc(-c2c3ccccc3cc3ccccc23)c1C#N.N#Cc1cccc(Cl)c1C#N. The Bertz CT molecular complexity index is 1710. The molecule has 5 aromatic rings. The van der Waals surface area contributed by atoms with Crippen LogP contribution < -0.4 is 0 Å². The van der Waals surface area contributed by atoms with Crippen LogP contribution in [0.4, 0.5) is 0 Å². The minimum atomic E-state index is 0.247. The maximum Gasteiger partial charge on any atom is 0.102 e. The second kappa shape index (κ2) is 10.2. The van der Waals surface area contributed by atoms with Gasteiger partial charge in [0, 0.05) is 5.56 Å². The summed E-state index contributed by atoms with van der Waals surface area (Å²) in [6, 6.07) is 36.8. The Morgan fingerprint density at radius 1 is 0.514 bits per heavy atom. The highest BCUT2D eigenvalue weighted by molar-refractivity contribution is 6.31. The Kier molecular flexibility index (Phi) is 6.72. The van der Waals surface area contributed by atoms with Crippen LogP contribution in [0.25, 0.3) is 32.7 Å². The normalized spacial score (nSPS) is 9.74. The molecule has 0 bridgehead atoms. The first-order chi connectivity index (χ1) is 17.1. The summed E-state index contributed by atoms with van der Waals surface area (Å²) in [6.07, 6.45) is 0. The first kappa shape index (κ1) is 23.0. The Labute approximate surface area is 207 Å². The number of hydrogen-bond donors (Lipinski definition) is 0. The molecule has 0 unspecified atom stereocenters. The van der Waals surface area contributed by atoms with Crippen molar-refractivity contribution in [2.75, 3.05) is 0 Å². The van der Waals surface area contributed by atoms with Gasteiger partial charge in [-0.2, -0.15) is 21.0 Å². The molecule has 0 N–H and O–H groups in total.